The molecule has 5 nitrogen and oxygen atoms in total. The molecule has 116 valence electrons. The molecule has 0 fully saturated rings. The van der Waals surface area contributed by atoms with Crippen molar-refractivity contribution >= 4 is 11.4 Å². The van der Waals surface area contributed by atoms with Crippen LogP contribution in [0.1, 0.15) is 0 Å². The highest BCUT2D eigenvalue weighted by molar-refractivity contribution is 5.92. The first-order valence-corrected chi connectivity index (χ1v) is 6.97. The molecule has 0 atom stereocenters. The summed E-state index contributed by atoms with van der Waals surface area (Å²) < 4.78 is 0. The number of aromatic hydroxyl groups is 3. The Morgan fingerprint density at radius 3 is 1.78 bits per heavy atom. The van der Waals surface area contributed by atoms with E-state index in [1.807, 2.05) is 0 Å². The Balaban J connectivity index is 2.34. The fraction of sp³-hybridized carbons (Fsp3) is 0. The number of hydrogen-bond acceptors (Lipinski definition) is 5. The molecule has 3 aromatic rings. The normalized spacial score (nSPS) is 10.6. The van der Waals surface area contributed by atoms with E-state index in [0.717, 1.165) is 0 Å². The van der Waals surface area contributed by atoms with Crippen LogP contribution in [0.25, 0.3) is 22.3 Å². The Bertz CT molecular complexity index is 891. The Morgan fingerprint density at radius 1 is 0.565 bits per heavy atom. The van der Waals surface area contributed by atoms with Gasteiger partial charge in [-0.15, -0.1) is 0 Å². The van der Waals surface area contributed by atoms with Crippen molar-refractivity contribution < 1.29 is 15.3 Å². The smallest absolute Gasteiger partial charge is 0.124 e. The third-order valence-electron chi connectivity index (χ3n) is 3.64. The highest BCUT2D eigenvalue weighted by atomic mass is 16.3. The van der Waals surface area contributed by atoms with Gasteiger partial charge in [-0.2, -0.15) is 0 Å². The SMILES string of the molecule is Nc1ccc(O)c(-c2cccc(O)c2-c2cc(N)ccc2O)c1. The van der Waals surface area contributed by atoms with Crippen LogP contribution in [0.3, 0.4) is 0 Å². The minimum atomic E-state index is -0.0368. The quantitative estimate of drug-likeness (QED) is 0.368. The maximum absolute atomic E-state index is 10.3. The lowest BCUT2D eigenvalue weighted by Crippen LogP contribution is -1.92. The van der Waals surface area contributed by atoms with Crippen molar-refractivity contribution in [2.45, 2.75) is 0 Å². The molecule has 3 aromatic carbocycles. The van der Waals surface area contributed by atoms with Crippen molar-refractivity contribution in [3.05, 3.63) is 54.6 Å². The first kappa shape index (κ1) is 14.6. The number of hydrogen-bond donors (Lipinski definition) is 5. The molecule has 23 heavy (non-hydrogen) atoms. The first-order chi connectivity index (χ1) is 11.0. The van der Waals surface area contributed by atoms with E-state index in [1.54, 1.807) is 36.4 Å². The molecular formula is C18H16N2O3. The molecule has 5 heteroatoms. The van der Waals surface area contributed by atoms with Gasteiger partial charge in [0, 0.05) is 28.1 Å². The molecule has 0 saturated heterocycles. The second kappa shape index (κ2) is 5.46. The average molecular weight is 308 g/mol. The Kier molecular flexibility index (Phi) is 3.46. The van der Waals surface area contributed by atoms with Gasteiger partial charge < -0.3 is 26.8 Å². The van der Waals surface area contributed by atoms with Crippen molar-refractivity contribution in [3.63, 3.8) is 0 Å². The van der Waals surface area contributed by atoms with Crippen molar-refractivity contribution in [2.75, 3.05) is 11.5 Å². The van der Waals surface area contributed by atoms with Crippen LogP contribution >= 0.6 is 0 Å². The van der Waals surface area contributed by atoms with Gasteiger partial charge in [0.25, 0.3) is 0 Å². The highest BCUT2D eigenvalue weighted by Crippen LogP contribution is 2.45. The number of nitrogen functional groups attached to an aromatic ring is 2. The van der Waals surface area contributed by atoms with Gasteiger partial charge in [-0.1, -0.05) is 12.1 Å². The summed E-state index contributed by atoms with van der Waals surface area (Å²) >= 11 is 0. The van der Waals surface area contributed by atoms with Crippen molar-refractivity contribution in [1.29, 1.82) is 0 Å². The minimum absolute atomic E-state index is 0.0226. The lowest BCUT2D eigenvalue weighted by Gasteiger charge is -2.15. The monoisotopic (exact) mass is 308 g/mol. The van der Waals surface area contributed by atoms with Crippen LogP contribution in [0.5, 0.6) is 17.2 Å². The number of rotatable bonds is 2. The molecule has 0 saturated carbocycles. The average Bonchev–Trinajstić information content (AvgIpc) is 2.52. The minimum Gasteiger partial charge on any atom is -0.507 e. The van der Waals surface area contributed by atoms with E-state index >= 15 is 0 Å². The number of anilines is 2. The first-order valence-electron chi connectivity index (χ1n) is 6.97. The summed E-state index contributed by atoms with van der Waals surface area (Å²) in [4.78, 5) is 0. The second-order valence-electron chi connectivity index (χ2n) is 5.25. The summed E-state index contributed by atoms with van der Waals surface area (Å²) in [6, 6.07) is 14.2. The highest BCUT2D eigenvalue weighted by Gasteiger charge is 2.17. The summed E-state index contributed by atoms with van der Waals surface area (Å²) in [6.45, 7) is 0. The van der Waals surface area contributed by atoms with Gasteiger partial charge in [-0.05, 0) is 48.0 Å². The Hall–Kier alpha value is -3.34. The summed E-state index contributed by atoms with van der Waals surface area (Å²) in [5.74, 6) is -0.0370. The molecule has 0 unspecified atom stereocenters. The van der Waals surface area contributed by atoms with Crippen LogP contribution in [0.2, 0.25) is 0 Å². The van der Waals surface area contributed by atoms with E-state index in [1.165, 1.54) is 18.2 Å². The van der Waals surface area contributed by atoms with E-state index in [4.69, 9.17) is 11.5 Å². The fourth-order valence-electron chi connectivity index (χ4n) is 2.57. The summed E-state index contributed by atoms with van der Waals surface area (Å²) in [5, 5.41) is 30.6. The van der Waals surface area contributed by atoms with E-state index < -0.39 is 0 Å². The van der Waals surface area contributed by atoms with Crippen molar-refractivity contribution in [1.82, 2.24) is 0 Å². The maximum atomic E-state index is 10.3. The molecule has 0 aliphatic rings. The lowest BCUT2D eigenvalue weighted by molar-refractivity contribution is 0.469. The van der Waals surface area contributed by atoms with E-state index in [2.05, 4.69) is 0 Å². The third kappa shape index (κ3) is 2.60. The topological polar surface area (TPSA) is 113 Å². The maximum Gasteiger partial charge on any atom is 0.124 e. The molecule has 0 aliphatic carbocycles. The fourth-order valence-corrected chi connectivity index (χ4v) is 2.57. The zero-order valence-electron chi connectivity index (χ0n) is 12.2. The second-order valence-corrected chi connectivity index (χ2v) is 5.25. The largest absolute Gasteiger partial charge is 0.507 e. The van der Waals surface area contributed by atoms with Crippen LogP contribution in [0.15, 0.2) is 54.6 Å². The molecular weight excluding hydrogens is 292 g/mol. The zero-order chi connectivity index (χ0) is 16.6. The molecule has 7 N–H and O–H groups in total. The molecule has 3 rings (SSSR count). The molecule has 0 radical (unpaired) electrons. The van der Waals surface area contributed by atoms with E-state index in [-0.39, 0.29) is 17.2 Å². The molecule has 0 amide bonds. The molecule has 0 aromatic heterocycles. The van der Waals surface area contributed by atoms with Crippen LogP contribution in [-0.4, -0.2) is 15.3 Å². The summed E-state index contributed by atoms with van der Waals surface area (Å²) in [6.07, 6.45) is 0. The molecule has 0 bridgehead atoms. The number of nitrogens with two attached hydrogens (primary N) is 2. The number of phenolic OH excluding ortho intramolecular Hbond substituents is 3. The Morgan fingerprint density at radius 2 is 1.13 bits per heavy atom. The molecule has 0 heterocycles. The lowest BCUT2D eigenvalue weighted by atomic mass is 9.92. The van der Waals surface area contributed by atoms with Crippen LogP contribution in [0.4, 0.5) is 11.4 Å². The van der Waals surface area contributed by atoms with Crippen LogP contribution in [-0.2, 0) is 0 Å². The predicted octanol–water partition coefficient (Wildman–Crippen LogP) is 3.30. The number of benzene rings is 3. The van der Waals surface area contributed by atoms with E-state index in [9.17, 15) is 15.3 Å². The van der Waals surface area contributed by atoms with Gasteiger partial charge in [0.1, 0.15) is 17.2 Å². The van der Waals surface area contributed by atoms with Crippen molar-refractivity contribution in [2.24, 2.45) is 0 Å². The van der Waals surface area contributed by atoms with E-state index in [0.29, 0.717) is 33.6 Å². The number of phenols is 3. The van der Waals surface area contributed by atoms with Crippen LogP contribution < -0.4 is 11.5 Å². The summed E-state index contributed by atoms with van der Waals surface area (Å²) in [5.41, 5.74) is 14.3. The van der Waals surface area contributed by atoms with Gasteiger partial charge in [0.15, 0.2) is 0 Å². The van der Waals surface area contributed by atoms with Gasteiger partial charge in [0.05, 0.1) is 0 Å². The summed E-state index contributed by atoms with van der Waals surface area (Å²) in [7, 11) is 0. The van der Waals surface area contributed by atoms with Crippen LogP contribution in [0, 0.1) is 0 Å². The van der Waals surface area contributed by atoms with Gasteiger partial charge in [-0.3, -0.25) is 0 Å². The Labute approximate surface area is 133 Å². The van der Waals surface area contributed by atoms with Gasteiger partial charge in [-0.25, -0.2) is 0 Å². The van der Waals surface area contributed by atoms with Crippen molar-refractivity contribution in [3.8, 4) is 39.5 Å². The van der Waals surface area contributed by atoms with Gasteiger partial charge >= 0.3 is 0 Å². The molecule has 0 spiro atoms. The third-order valence-corrected chi connectivity index (χ3v) is 3.64. The standard InChI is InChI=1S/C18H16N2O3/c19-10-4-6-15(21)13(8-10)12-2-1-3-17(23)18(12)14-9-11(20)5-7-16(14)22/h1-9,21-23H,19-20H2. The predicted molar refractivity (Wildman–Crippen MR) is 91.1 cm³/mol. The molecule has 0 aliphatic heterocycles. The van der Waals surface area contributed by atoms with Gasteiger partial charge in [0.2, 0.25) is 0 Å². The zero-order valence-corrected chi connectivity index (χ0v) is 12.2.